The van der Waals surface area contributed by atoms with Crippen LogP contribution in [-0.2, 0) is 5.60 Å². The summed E-state index contributed by atoms with van der Waals surface area (Å²) in [5, 5.41) is 9.96. The van der Waals surface area contributed by atoms with Gasteiger partial charge < -0.3 is 5.11 Å². The van der Waals surface area contributed by atoms with Crippen LogP contribution >= 0.6 is 39.5 Å². The molecule has 0 aliphatic carbocycles. The second-order valence-corrected chi connectivity index (χ2v) is 6.27. The van der Waals surface area contributed by atoms with Gasteiger partial charge in [0.2, 0.25) is 0 Å². The van der Waals surface area contributed by atoms with Crippen LogP contribution in [0.25, 0.3) is 0 Å². The number of benzene rings is 1. The number of aliphatic hydroxyl groups is 1. The topological polar surface area (TPSA) is 20.2 Å². The summed E-state index contributed by atoms with van der Waals surface area (Å²) in [6, 6.07) is 4.05. The van der Waals surface area contributed by atoms with Crippen molar-refractivity contribution in [3.05, 3.63) is 22.2 Å². The normalized spacial score (nSPS) is 11.9. The van der Waals surface area contributed by atoms with Crippen molar-refractivity contribution in [1.29, 1.82) is 0 Å². The summed E-state index contributed by atoms with van der Waals surface area (Å²) in [5.41, 5.74) is 0.153. The number of hydrogen-bond acceptors (Lipinski definition) is 3. The van der Waals surface area contributed by atoms with Gasteiger partial charge >= 0.3 is 0 Å². The van der Waals surface area contributed by atoms with Gasteiger partial charge in [0.15, 0.2) is 0 Å². The molecule has 84 valence electrons. The molecule has 0 aromatic heterocycles. The van der Waals surface area contributed by atoms with Crippen molar-refractivity contribution in [2.45, 2.75) is 29.2 Å². The molecule has 1 aromatic carbocycles. The fraction of sp³-hybridized carbons (Fsp3) is 0.455. The van der Waals surface area contributed by atoms with E-state index in [0.29, 0.717) is 0 Å². The predicted octanol–water partition coefficient (Wildman–Crippen LogP) is 4.12. The van der Waals surface area contributed by atoms with E-state index in [1.54, 1.807) is 37.4 Å². The van der Waals surface area contributed by atoms with Crippen LogP contribution < -0.4 is 0 Å². The largest absolute Gasteiger partial charge is 0.386 e. The Balaban J connectivity index is 3.32. The average Bonchev–Trinajstić information content (AvgIpc) is 2.15. The SMILES string of the molecule is CSc1cc(C(C)(C)O)cc(Br)c1SC. The molecule has 0 bridgehead atoms. The minimum absolute atomic E-state index is 0.788. The molecule has 0 atom stereocenters. The smallest absolute Gasteiger partial charge is 0.0841 e. The molecule has 0 aliphatic heterocycles. The zero-order valence-electron chi connectivity index (χ0n) is 9.30. The molecule has 1 rings (SSSR count). The highest BCUT2D eigenvalue weighted by molar-refractivity contribution is 9.10. The molecule has 1 N–H and O–H groups in total. The van der Waals surface area contributed by atoms with Crippen molar-refractivity contribution in [3.63, 3.8) is 0 Å². The molecule has 0 unspecified atom stereocenters. The van der Waals surface area contributed by atoms with Crippen LogP contribution in [0, 0.1) is 0 Å². The van der Waals surface area contributed by atoms with E-state index in [0.717, 1.165) is 10.0 Å². The maximum absolute atomic E-state index is 9.96. The summed E-state index contributed by atoms with van der Waals surface area (Å²) in [6.45, 7) is 3.61. The second kappa shape index (κ2) is 5.13. The second-order valence-electron chi connectivity index (χ2n) is 3.75. The van der Waals surface area contributed by atoms with Gasteiger partial charge in [0, 0.05) is 14.3 Å². The Bertz CT molecular complexity index is 358. The molecule has 4 heteroatoms. The standard InChI is InChI=1S/C11H15BrOS2/c1-11(2,13)7-5-8(12)10(15-4)9(6-7)14-3/h5-6,13H,1-4H3. The fourth-order valence-electron chi connectivity index (χ4n) is 1.27. The molecule has 0 saturated carbocycles. The lowest BCUT2D eigenvalue weighted by molar-refractivity contribution is 0.0782. The Hall–Kier alpha value is 0.360. The van der Waals surface area contributed by atoms with Crippen LogP contribution in [0.5, 0.6) is 0 Å². The molecule has 0 heterocycles. The predicted molar refractivity (Wildman–Crippen MR) is 72.9 cm³/mol. The third-order valence-corrected chi connectivity index (χ3v) is 4.77. The maximum atomic E-state index is 9.96. The van der Waals surface area contributed by atoms with E-state index in [9.17, 15) is 5.11 Å². The summed E-state index contributed by atoms with van der Waals surface area (Å²) in [7, 11) is 0. The molecular formula is C11H15BrOS2. The monoisotopic (exact) mass is 306 g/mol. The molecule has 15 heavy (non-hydrogen) atoms. The summed E-state index contributed by atoms with van der Waals surface area (Å²) >= 11 is 6.97. The van der Waals surface area contributed by atoms with E-state index >= 15 is 0 Å². The van der Waals surface area contributed by atoms with Gasteiger partial charge in [0.25, 0.3) is 0 Å². The summed E-state index contributed by atoms with van der Waals surface area (Å²) in [5.74, 6) is 0. The van der Waals surface area contributed by atoms with E-state index in [1.165, 1.54) is 9.79 Å². The quantitative estimate of drug-likeness (QED) is 0.848. The Kier molecular flexibility index (Phi) is 4.59. The summed E-state index contributed by atoms with van der Waals surface area (Å²) in [6.07, 6.45) is 4.11. The van der Waals surface area contributed by atoms with Crippen molar-refractivity contribution >= 4 is 39.5 Å². The minimum Gasteiger partial charge on any atom is -0.386 e. The zero-order valence-corrected chi connectivity index (χ0v) is 12.5. The van der Waals surface area contributed by atoms with Gasteiger partial charge in [-0.25, -0.2) is 0 Å². The summed E-state index contributed by atoms with van der Waals surface area (Å²) in [4.78, 5) is 2.43. The van der Waals surface area contributed by atoms with E-state index in [2.05, 4.69) is 34.5 Å². The first-order valence-corrected chi connectivity index (χ1v) is 7.78. The first-order chi connectivity index (χ1) is 6.90. The van der Waals surface area contributed by atoms with Crippen LogP contribution in [0.2, 0.25) is 0 Å². The third-order valence-electron chi connectivity index (χ3n) is 2.14. The lowest BCUT2D eigenvalue weighted by atomic mass is 9.99. The zero-order chi connectivity index (χ0) is 11.6. The van der Waals surface area contributed by atoms with Crippen LogP contribution in [0.1, 0.15) is 19.4 Å². The molecule has 0 fully saturated rings. The molecule has 0 aliphatic rings. The van der Waals surface area contributed by atoms with Crippen molar-refractivity contribution in [2.24, 2.45) is 0 Å². The van der Waals surface area contributed by atoms with Crippen molar-refractivity contribution in [3.8, 4) is 0 Å². The van der Waals surface area contributed by atoms with Crippen molar-refractivity contribution < 1.29 is 5.11 Å². The highest BCUT2D eigenvalue weighted by Gasteiger charge is 2.19. The first kappa shape index (κ1) is 13.4. The van der Waals surface area contributed by atoms with Crippen LogP contribution in [0.15, 0.2) is 26.4 Å². The number of thioether (sulfide) groups is 2. The molecular weight excluding hydrogens is 292 g/mol. The summed E-state index contributed by atoms with van der Waals surface area (Å²) < 4.78 is 1.05. The van der Waals surface area contributed by atoms with E-state index in [1.807, 2.05) is 6.07 Å². The van der Waals surface area contributed by atoms with Crippen LogP contribution in [0.3, 0.4) is 0 Å². The Morgan fingerprint density at radius 3 is 2.20 bits per heavy atom. The molecule has 0 radical (unpaired) electrons. The number of hydrogen-bond donors (Lipinski definition) is 1. The van der Waals surface area contributed by atoms with Crippen molar-refractivity contribution in [2.75, 3.05) is 12.5 Å². The van der Waals surface area contributed by atoms with Gasteiger partial charge in [-0.05, 0) is 60.0 Å². The molecule has 0 amide bonds. The highest BCUT2D eigenvalue weighted by Crippen LogP contribution is 2.38. The maximum Gasteiger partial charge on any atom is 0.0841 e. The number of rotatable bonds is 3. The van der Waals surface area contributed by atoms with Gasteiger partial charge in [0.1, 0.15) is 0 Å². The van der Waals surface area contributed by atoms with Crippen LogP contribution in [0.4, 0.5) is 0 Å². The fourth-order valence-corrected chi connectivity index (χ4v) is 3.90. The molecule has 0 saturated heterocycles. The first-order valence-electron chi connectivity index (χ1n) is 4.54. The van der Waals surface area contributed by atoms with Gasteiger partial charge in [-0.2, -0.15) is 0 Å². The van der Waals surface area contributed by atoms with Gasteiger partial charge in [-0.3, -0.25) is 0 Å². The van der Waals surface area contributed by atoms with Crippen molar-refractivity contribution in [1.82, 2.24) is 0 Å². The Morgan fingerprint density at radius 1 is 1.20 bits per heavy atom. The van der Waals surface area contributed by atoms with E-state index < -0.39 is 5.60 Å². The van der Waals surface area contributed by atoms with Gasteiger partial charge in [-0.1, -0.05) is 0 Å². The Morgan fingerprint density at radius 2 is 1.80 bits per heavy atom. The third kappa shape index (κ3) is 3.16. The molecule has 1 aromatic rings. The minimum atomic E-state index is -0.788. The highest BCUT2D eigenvalue weighted by atomic mass is 79.9. The molecule has 0 spiro atoms. The molecule has 1 nitrogen and oxygen atoms in total. The van der Waals surface area contributed by atoms with E-state index in [4.69, 9.17) is 0 Å². The van der Waals surface area contributed by atoms with E-state index in [-0.39, 0.29) is 0 Å². The van der Waals surface area contributed by atoms with Gasteiger partial charge in [-0.15, -0.1) is 23.5 Å². The Labute approximate surface area is 108 Å². The average molecular weight is 307 g/mol. The number of halogens is 1. The van der Waals surface area contributed by atoms with Gasteiger partial charge in [0.05, 0.1) is 5.60 Å². The van der Waals surface area contributed by atoms with Crippen LogP contribution in [-0.4, -0.2) is 17.6 Å². The lowest BCUT2D eigenvalue weighted by Gasteiger charge is -2.20. The lowest BCUT2D eigenvalue weighted by Crippen LogP contribution is -2.15.